The minimum atomic E-state index is -0.470. The Hall–Kier alpha value is -1.29. The van der Waals surface area contributed by atoms with Crippen LogP contribution in [0.5, 0.6) is 0 Å². The average molecular weight is 333 g/mol. The van der Waals surface area contributed by atoms with Crippen LogP contribution in [0.2, 0.25) is 15.1 Å². The first-order valence-electron chi connectivity index (χ1n) is 5.65. The fraction of sp³-hybridized carbons (Fsp3) is 0.0714. The Balaban J connectivity index is 2.13. The normalized spacial score (nSPS) is 10.4. The van der Waals surface area contributed by atoms with Crippen LogP contribution >= 0.6 is 34.8 Å². The van der Waals surface area contributed by atoms with Crippen LogP contribution in [-0.2, 0) is 11.2 Å². The molecular formula is C14H9Cl3FNO. The van der Waals surface area contributed by atoms with E-state index in [2.05, 4.69) is 5.32 Å². The predicted molar refractivity (Wildman–Crippen MR) is 80.2 cm³/mol. The number of anilines is 1. The van der Waals surface area contributed by atoms with Gasteiger partial charge in [-0.05, 0) is 35.9 Å². The standard InChI is InChI=1S/C14H9Cl3FNO/c15-10-2-1-3-11(16)9(10)7-14(20)19-13-5-4-8(18)6-12(13)17/h1-6H,7H2,(H,19,20). The van der Waals surface area contributed by atoms with Gasteiger partial charge in [-0.25, -0.2) is 4.39 Å². The molecule has 0 aliphatic heterocycles. The number of carbonyl (C=O) groups is 1. The summed E-state index contributed by atoms with van der Waals surface area (Å²) < 4.78 is 12.9. The highest BCUT2D eigenvalue weighted by Gasteiger charge is 2.12. The van der Waals surface area contributed by atoms with Crippen LogP contribution in [0.15, 0.2) is 36.4 Å². The molecule has 0 fully saturated rings. The van der Waals surface area contributed by atoms with Gasteiger partial charge in [-0.15, -0.1) is 0 Å². The first-order valence-corrected chi connectivity index (χ1v) is 6.78. The fourth-order valence-corrected chi connectivity index (χ4v) is 2.39. The zero-order valence-electron chi connectivity index (χ0n) is 10.1. The summed E-state index contributed by atoms with van der Waals surface area (Å²) >= 11 is 17.8. The molecule has 2 aromatic carbocycles. The molecule has 0 bridgehead atoms. The Bertz CT molecular complexity index is 641. The van der Waals surface area contributed by atoms with Gasteiger partial charge in [0.25, 0.3) is 0 Å². The lowest BCUT2D eigenvalue weighted by Gasteiger charge is -2.09. The summed E-state index contributed by atoms with van der Waals surface area (Å²) in [7, 11) is 0. The largest absolute Gasteiger partial charge is 0.324 e. The van der Waals surface area contributed by atoms with E-state index in [1.54, 1.807) is 18.2 Å². The van der Waals surface area contributed by atoms with Gasteiger partial charge in [0.05, 0.1) is 17.1 Å². The summed E-state index contributed by atoms with van der Waals surface area (Å²) in [6.07, 6.45) is 0.00616. The Morgan fingerprint density at radius 3 is 2.30 bits per heavy atom. The van der Waals surface area contributed by atoms with Crippen LogP contribution in [0, 0.1) is 5.82 Å². The van der Waals surface area contributed by atoms with Gasteiger partial charge in [0.1, 0.15) is 5.82 Å². The van der Waals surface area contributed by atoms with Crippen LogP contribution in [0.25, 0.3) is 0 Å². The van der Waals surface area contributed by atoms with Crippen LogP contribution in [0.4, 0.5) is 10.1 Å². The number of rotatable bonds is 3. The van der Waals surface area contributed by atoms with Gasteiger partial charge in [-0.1, -0.05) is 40.9 Å². The molecule has 2 nitrogen and oxygen atoms in total. The molecule has 2 aromatic rings. The minimum absolute atomic E-state index is 0.00616. The Kier molecular flexibility index (Phi) is 4.86. The number of nitrogens with one attached hydrogen (secondary N) is 1. The third-order valence-corrected chi connectivity index (χ3v) is 3.63. The van der Waals surface area contributed by atoms with E-state index in [0.29, 0.717) is 21.3 Å². The van der Waals surface area contributed by atoms with E-state index in [1.165, 1.54) is 12.1 Å². The van der Waals surface area contributed by atoms with Gasteiger partial charge in [0.2, 0.25) is 5.91 Å². The minimum Gasteiger partial charge on any atom is -0.324 e. The van der Waals surface area contributed by atoms with Gasteiger partial charge < -0.3 is 5.32 Å². The van der Waals surface area contributed by atoms with E-state index in [9.17, 15) is 9.18 Å². The van der Waals surface area contributed by atoms with Gasteiger partial charge in [0, 0.05) is 10.0 Å². The summed E-state index contributed by atoms with van der Waals surface area (Å²) in [4.78, 5) is 11.9. The summed E-state index contributed by atoms with van der Waals surface area (Å²) in [6, 6.07) is 8.73. The summed E-state index contributed by atoms with van der Waals surface area (Å²) in [5.41, 5.74) is 0.868. The maximum absolute atomic E-state index is 12.9. The van der Waals surface area contributed by atoms with E-state index in [4.69, 9.17) is 34.8 Å². The molecule has 104 valence electrons. The number of hydrogen-bond acceptors (Lipinski definition) is 1. The lowest BCUT2D eigenvalue weighted by molar-refractivity contribution is -0.115. The van der Waals surface area contributed by atoms with E-state index in [0.717, 1.165) is 6.07 Å². The van der Waals surface area contributed by atoms with Crippen molar-refractivity contribution in [1.82, 2.24) is 0 Å². The van der Waals surface area contributed by atoms with Crippen LogP contribution in [0.1, 0.15) is 5.56 Å². The Morgan fingerprint density at radius 1 is 1.05 bits per heavy atom. The molecule has 0 atom stereocenters. The van der Waals surface area contributed by atoms with Crippen molar-refractivity contribution in [2.45, 2.75) is 6.42 Å². The maximum Gasteiger partial charge on any atom is 0.228 e. The van der Waals surface area contributed by atoms with E-state index < -0.39 is 5.82 Å². The molecule has 0 radical (unpaired) electrons. The summed E-state index contributed by atoms with van der Waals surface area (Å²) in [5, 5.41) is 3.54. The number of halogens is 4. The monoisotopic (exact) mass is 331 g/mol. The third-order valence-electron chi connectivity index (χ3n) is 2.60. The highest BCUT2D eigenvalue weighted by Crippen LogP contribution is 2.26. The molecular weight excluding hydrogens is 324 g/mol. The molecule has 20 heavy (non-hydrogen) atoms. The van der Waals surface area contributed by atoms with Crippen molar-refractivity contribution in [3.63, 3.8) is 0 Å². The molecule has 0 aromatic heterocycles. The second-order valence-electron chi connectivity index (χ2n) is 4.05. The highest BCUT2D eigenvalue weighted by molar-refractivity contribution is 6.36. The van der Waals surface area contributed by atoms with Crippen molar-refractivity contribution >= 4 is 46.4 Å². The summed E-state index contributed by atoms with van der Waals surface area (Å²) in [6.45, 7) is 0. The zero-order chi connectivity index (χ0) is 14.7. The third kappa shape index (κ3) is 3.63. The number of carbonyl (C=O) groups excluding carboxylic acids is 1. The number of benzene rings is 2. The molecule has 0 saturated carbocycles. The lowest BCUT2D eigenvalue weighted by atomic mass is 10.1. The molecule has 1 amide bonds. The first-order chi connectivity index (χ1) is 9.47. The van der Waals surface area contributed by atoms with E-state index in [1.807, 2.05) is 0 Å². The van der Waals surface area contributed by atoms with Gasteiger partial charge in [-0.3, -0.25) is 4.79 Å². The fourth-order valence-electron chi connectivity index (χ4n) is 1.65. The lowest BCUT2D eigenvalue weighted by Crippen LogP contribution is -2.15. The van der Waals surface area contributed by atoms with Crippen molar-refractivity contribution in [3.8, 4) is 0 Å². The van der Waals surface area contributed by atoms with Crippen molar-refractivity contribution < 1.29 is 9.18 Å². The number of hydrogen-bond donors (Lipinski definition) is 1. The predicted octanol–water partition coefficient (Wildman–Crippen LogP) is 4.97. The molecule has 0 spiro atoms. The maximum atomic E-state index is 12.9. The van der Waals surface area contributed by atoms with Crippen molar-refractivity contribution in [3.05, 3.63) is 62.8 Å². The molecule has 1 N–H and O–H groups in total. The van der Waals surface area contributed by atoms with Crippen molar-refractivity contribution in [2.75, 3.05) is 5.32 Å². The molecule has 0 aliphatic rings. The van der Waals surface area contributed by atoms with Crippen molar-refractivity contribution in [1.29, 1.82) is 0 Å². The average Bonchev–Trinajstić information content (AvgIpc) is 2.37. The summed E-state index contributed by atoms with van der Waals surface area (Å²) in [5.74, 6) is -0.810. The molecule has 0 saturated heterocycles. The van der Waals surface area contributed by atoms with Gasteiger partial charge in [-0.2, -0.15) is 0 Å². The quantitative estimate of drug-likeness (QED) is 0.845. The van der Waals surface area contributed by atoms with Crippen LogP contribution < -0.4 is 5.32 Å². The second kappa shape index (κ2) is 6.44. The Morgan fingerprint density at radius 2 is 1.70 bits per heavy atom. The zero-order valence-corrected chi connectivity index (χ0v) is 12.4. The smallest absolute Gasteiger partial charge is 0.228 e. The van der Waals surface area contributed by atoms with Gasteiger partial charge >= 0.3 is 0 Å². The number of amides is 1. The highest BCUT2D eigenvalue weighted by atomic mass is 35.5. The van der Waals surface area contributed by atoms with Crippen molar-refractivity contribution in [2.24, 2.45) is 0 Å². The molecule has 0 aliphatic carbocycles. The molecule has 6 heteroatoms. The van der Waals surface area contributed by atoms with E-state index in [-0.39, 0.29) is 17.4 Å². The topological polar surface area (TPSA) is 29.1 Å². The molecule has 2 rings (SSSR count). The van der Waals surface area contributed by atoms with E-state index >= 15 is 0 Å². The van der Waals surface area contributed by atoms with Gasteiger partial charge in [0.15, 0.2) is 0 Å². The van der Waals surface area contributed by atoms with Crippen LogP contribution in [-0.4, -0.2) is 5.91 Å². The molecule has 0 unspecified atom stereocenters. The second-order valence-corrected chi connectivity index (χ2v) is 5.27. The Labute approximate surface area is 130 Å². The first kappa shape index (κ1) is 15.1. The SMILES string of the molecule is O=C(Cc1c(Cl)cccc1Cl)Nc1ccc(F)cc1Cl. The molecule has 0 heterocycles. The van der Waals surface area contributed by atoms with Crippen LogP contribution in [0.3, 0.4) is 0 Å².